The van der Waals surface area contributed by atoms with Gasteiger partial charge in [0.1, 0.15) is 18.1 Å². The Hall–Kier alpha value is -2.46. The summed E-state index contributed by atoms with van der Waals surface area (Å²) in [5.41, 5.74) is 1.01. The third kappa shape index (κ3) is 3.42. The molecular formula is C16H17BrN2O7. The molecule has 0 N–H and O–H groups in total. The van der Waals surface area contributed by atoms with Gasteiger partial charge in [0.05, 0.1) is 31.3 Å². The van der Waals surface area contributed by atoms with Crippen molar-refractivity contribution in [3.05, 3.63) is 43.1 Å². The molecule has 26 heavy (non-hydrogen) atoms. The summed E-state index contributed by atoms with van der Waals surface area (Å²) in [6, 6.07) is 1.35. The van der Waals surface area contributed by atoms with E-state index in [-0.39, 0.29) is 36.0 Å². The number of nitro groups is 1. The van der Waals surface area contributed by atoms with Crippen molar-refractivity contribution in [2.75, 3.05) is 32.5 Å². The molecule has 140 valence electrons. The van der Waals surface area contributed by atoms with E-state index in [0.29, 0.717) is 10.0 Å². The molecule has 0 aromatic heterocycles. The van der Waals surface area contributed by atoms with E-state index in [1.165, 1.54) is 18.1 Å². The largest absolute Gasteiger partial charge is 0.466 e. The highest BCUT2D eigenvalue weighted by Crippen LogP contribution is 2.41. The zero-order valence-corrected chi connectivity index (χ0v) is 16.2. The zero-order valence-electron chi connectivity index (χ0n) is 14.6. The van der Waals surface area contributed by atoms with Gasteiger partial charge in [-0.15, -0.1) is 0 Å². The molecule has 1 aliphatic heterocycles. The molecule has 0 saturated heterocycles. The van der Waals surface area contributed by atoms with Crippen molar-refractivity contribution >= 4 is 39.2 Å². The van der Waals surface area contributed by atoms with Crippen LogP contribution in [0.1, 0.15) is 11.1 Å². The summed E-state index contributed by atoms with van der Waals surface area (Å²) in [5, 5.41) is 11.6. The standard InChI is InChI=1S/C16H17BrN2O7/c1-8-9(2)13(12(19(22)23)5-11(8)17)18-7-26-6-10(15(20)24-3)14(18)16(21)25-4/h5H,6-7H2,1-4H3. The Labute approximate surface area is 157 Å². The summed E-state index contributed by atoms with van der Waals surface area (Å²) in [7, 11) is 2.33. The van der Waals surface area contributed by atoms with Crippen LogP contribution < -0.4 is 4.90 Å². The molecule has 10 heteroatoms. The first-order valence-corrected chi connectivity index (χ1v) is 8.23. The lowest BCUT2D eigenvalue weighted by Gasteiger charge is -2.32. The second-order valence-corrected chi connectivity index (χ2v) is 6.30. The van der Waals surface area contributed by atoms with Crippen LogP contribution in [0.15, 0.2) is 21.8 Å². The maximum absolute atomic E-state index is 12.4. The molecule has 0 radical (unpaired) electrons. The van der Waals surface area contributed by atoms with E-state index < -0.39 is 16.9 Å². The fourth-order valence-corrected chi connectivity index (χ4v) is 3.16. The number of carbonyl (C=O) groups excluding carboxylic acids is 2. The second kappa shape index (κ2) is 7.83. The molecule has 9 nitrogen and oxygen atoms in total. The normalized spacial score (nSPS) is 14.3. The fraction of sp³-hybridized carbons (Fsp3) is 0.375. The van der Waals surface area contributed by atoms with Gasteiger partial charge >= 0.3 is 11.9 Å². The Balaban J connectivity index is 2.81. The minimum Gasteiger partial charge on any atom is -0.466 e. The number of hydrogen-bond acceptors (Lipinski definition) is 8. The molecule has 0 saturated carbocycles. The van der Waals surface area contributed by atoms with Gasteiger partial charge in [0.2, 0.25) is 0 Å². The highest BCUT2D eigenvalue weighted by Gasteiger charge is 2.36. The molecular weight excluding hydrogens is 412 g/mol. The number of methoxy groups -OCH3 is 2. The topological polar surface area (TPSA) is 108 Å². The van der Waals surface area contributed by atoms with Crippen LogP contribution in [0.3, 0.4) is 0 Å². The number of halogens is 1. The van der Waals surface area contributed by atoms with E-state index >= 15 is 0 Å². The molecule has 0 amide bonds. The SMILES string of the molecule is COC(=O)C1=C(C(=O)OC)N(c2c([N+](=O)[O-])cc(Br)c(C)c2C)COC1. The lowest BCUT2D eigenvalue weighted by Crippen LogP contribution is -2.39. The number of nitro benzene ring substituents is 1. The molecule has 1 aromatic carbocycles. The van der Waals surface area contributed by atoms with Gasteiger partial charge in [-0.2, -0.15) is 0 Å². The van der Waals surface area contributed by atoms with Crippen LogP contribution in [0.5, 0.6) is 0 Å². The number of ether oxygens (including phenoxy) is 3. The summed E-state index contributed by atoms with van der Waals surface area (Å²) in [5.74, 6) is -1.59. The van der Waals surface area contributed by atoms with Crippen molar-refractivity contribution < 1.29 is 28.7 Å². The van der Waals surface area contributed by atoms with E-state index in [4.69, 9.17) is 14.2 Å². The van der Waals surface area contributed by atoms with Crippen LogP contribution in [0, 0.1) is 24.0 Å². The molecule has 0 spiro atoms. The Morgan fingerprint density at radius 3 is 2.38 bits per heavy atom. The third-order valence-electron chi connectivity index (χ3n) is 4.08. The average molecular weight is 429 g/mol. The quantitative estimate of drug-likeness (QED) is 0.408. The molecule has 0 aliphatic carbocycles. The maximum atomic E-state index is 12.4. The lowest BCUT2D eigenvalue weighted by molar-refractivity contribution is -0.384. The van der Waals surface area contributed by atoms with Crippen molar-refractivity contribution in [1.29, 1.82) is 0 Å². The van der Waals surface area contributed by atoms with Gasteiger partial charge < -0.3 is 19.1 Å². The summed E-state index contributed by atoms with van der Waals surface area (Å²) in [4.78, 5) is 36.7. The van der Waals surface area contributed by atoms with Crippen LogP contribution in [-0.4, -0.2) is 44.4 Å². The summed E-state index contributed by atoms with van der Waals surface area (Å²) < 4.78 is 15.4. The smallest absolute Gasteiger partial charge is 0.355 e. The Kier molecular flexibility index (Phi) is 5.98. The monoisotopic (exact) mass is 428 g/mol. The van der Waals surface area contributed by atoms with Crippen molar-refractivity contribution in [3.63, 3.8) is 0 Å². The first kappa shape index (κ1) is 19.9. The minimum atomic E-state index is -0.817. The molecule has 0 fully saturated rings. The van der Waals surface area contributed by atoms with Crippen LogP contribution in [0.2, 0.25) is 0 Å². The van der Waals surface area contributed by atoms with Crippen LogP contribution in [0.4, 0.5) is 11.4 Å². The minimum absolute atomic E-state index is 0.0696. The van der Waals surface area contributed by atoms with E-state index in [1.54, 1.807) is 13.8 Å². The molecule has 1 aromatic rings. The van der Waals surface area contributed by atoms with Gasteiger partial charge in [0.25, 0.3) is 5.69 Å². The van der Waals surface area contributed by atoms with Gasteiger partial charge in [-0.1, -0.05) is 15.9 Å². The number of carbonyl (C=O) groups is 2. The molecule has 0 bridgehead atoms. The van der Waals surface area contributed by atoms with Crippen molar-refractivity contribution in [3.8, 4) is 0 Å². The third-order valence-corrected chi connectivity index (χ3v) is 4.91. The summed E-state index contributed by atoms with van der Waals surface area (Å²) in [6.07, 6.45) is 0. The molecule has 1 aliphatic rings. The second-order valence-electron chi connectivity index (χ2n) is 5.45. The summed E-state index contributed by atoms with van der Waals surface area (Å²) >= 11 is 3.30. The molecule has 0 unspecified atom stereocenters. The van der Waals surface area contributed by atoms with E-state index in [0.717, 1.165) is 12.7 Å². The van der Waals surface area contributed by atoms with E-state index in [1.807, 2.05) is 0 Å². The Morgan fingerprint density at radius 1 is 1.23 bits per heavy atom. The van der Waals surface area contributed by atoms with Crippen molar-refractivity contribution in [2.24, 2.45) is 0 Å². The number of nitrogens with zero attached hydrogens (tertiary/aromatic N) is 2. The first-order valence-electron chi connectivity index (χ1n) is 7.43. The summed E-state index contributed by atoms with van der Waals surface area (Å²) in [6.45, 7) is 3.13. The predicted molar refractivity (Wildman–Crippen MR) is 94.6 cm³/mol. The highest BCUT2D eigenvalue weighted by atomic mass is 79.9. The molecule has 1 heterocycles. The maximum Gasteiger partial charge on any atom is 0.355 e. The van der Waals surface area contributed by atoms with Gasteiger partial charge in [-0.3, -0.25) is 10.1 Å². The van der Waals surface area contributed by atoms with Crippen molar-refractivity contribution in [2.45, 2.75) is 13.8 Å². The van der Waals surface area contributed by atoms with Crippen LogP contribution >= 0.6 is 15.9 Å². The lowest BCUT2D eigenvalue weighted by atomic mass is 10.0. The Morgan fingerprint density at radius 2 is 1.85 bits per heavy atom. The fourth-order valence-electron chi connectivity index (χ4n) is 2.65. The van der Waals surface area contributed by atoms with Crippen LogP contribution in [-0.2, 0) is 23.8 Å². The average Bonchev–Trinajstić information content (AvgIpc) is 2.63. The van der Waals surface area contributed by atoms with E-state index in [2.05, 4.69) is 15.9 Å². The van der Waals surface area contributed by atoms with Crippen molar-refractivity contribution in [1.82, 2.24) is 0 Å². The predicted octanol–water partition coefficient (Wildman–Crippen LogP) is 2.37. The molecule has 0 atom stereocenters. The van der Waals surface area contributed by atoms with E-state index in [9.17, 15) is 19.7 Å². The van der Waals surface area contributed by atoms with Gasteiger partial charge in [0, 0.05) is 10.5 Å². The highest BCUT2D eigenvalue weighted by molar-refractivity contribution is 9.10. The number of rotatable bonds is 4. The molecule has 2 rings (SSSR count). The van der Waals surface area contributed by atoms with Gasteiger partial charge in [-0.25, -0.2) is 9.59 Å². The van der Waals surface area contributed by atoms with Gasteiger partial charge in [0.15, 0.2) is 0 Å². The number of hydrogen-bond donors (Lipinski definition) is 0. The van der Waals surface area contributed by atoms with Gasteiger partial charge in [-0.05, 0) is 25.0 Å². The number of esters is 2. The zero-order chi connectivity index (χ0) is 19.6. The Bertz CT molecular complexity index is 819. The van der Waals surface area contributed by atoms with Crippen LogP contribution in [0.25, 0.3) is 0 Å². The number of anilines is 1. The number of benzene rings is 1. The first-order chi connectivity index (χ1) is 12.2.